The molecule has 0 aromatic rings. The lowest BCUT2D eigenvalue weighted by Gasteiger charge is -2.15. The second-order valence-corrected chi connectivity index (χ2v) is 1.62. The fraction of sp³-hybridized carbons (Fsp3) is 0.333. The molecule has 0 fully saturated rings. The van der Waals surface area contributed by atoms with E-state index in [2.05, 4.69) is 0 Å². The molecule has 0 saturated heterocycles. The van der Waals surface area contributed by atoms with Crippen molar-refractivity contribution in [1.29, 1.82) is 0 Å². The molecular formula is C6H8O3. The normalized spacial score (nSPS) is 25.0. The first-order chi connectivity index (χ1) is 4.34. The van der Waals surface area contributed by atoms with Crippen LogP contribution >= 0.6 is 0 Å². The van der Waals surface area contributed by atoms with Gasteiger partial charge in [-0.25, -0.2) is 0 Å². The minimum Gasteiger partial charge on any atom is -0.506 e. The molecule has 0 spiro atoms. The molecule has 1 N–H and O–H groups in total. The zero-order valence-electron chi connectivity index (χ0n) is 5.07. The largest absolute Gasteiger partial charge is 0.506 e. The van der Waals surface area contributed by atoms with Gasteiger partial charge in [0.15, 0.2) is 5.76 Å². The van der Waals surface area contributed by atoms with Crippen molar-refractivity contribution in [2.75, 3.05) is 7.11 Å². The Morgan fingerprint density at radius 1 is 1.78 bits per heavy atom. The minimum absolute atomic E-state index is 0.0972. The fourth-order valence-corrected chi connectivity index (χ4v) is 0.579. The first kappa shape index (κ1) is 6.16. The number of aliphatic hydroxyl groups is 1. The Hall–Kier alpha value is -0.960. The van der Waals surface area contributed by atoms with Gasteiger partial charge in [0.05, 0.1) is 6.26 Å². The summed E-state index contributed by atoms with van der Waals surface area (Å²) in [5.74, 6) is 0.0972. The van der Waals surface area contributed by atoms with Gasteiger partial charge in [0, 0.05) is 7.11 Å². The summed E-state index contributed by atoms with van der Waals surface area (Å²) < 4.78 is 9.53. The molecule has 3 heteroatoms. The van der Waals surface area contributed by atoms with Crippen molar-refractivity contribution in [3.63, 3.8) is 0 Å². The summed E-state index contributed by atoms with van der Waals surface area (Å²) in [7, 11) is 1.47. The van der Waals surface area contributed by atoms with Crippen LogP contribution in [0.15, 0.2) is 24.2 Å². The Balaban J connectivity index is 2.59. The molecule has 1 aliphatic heterocycles. The highest BCUT2D eigenvalue weighted by atomic mass is 16.7. The van der Waals surface area contributed by atoms with E-state index in [4.69, 9.17) is 14.6 Å². The number of hydrogen-bond donors (Lipinski definition) is 1. The minimum atomic E-state index is -0.616. The van der Waals surface area contributed by atoms with Crippen LogP contribution in [0.5, 0.6) is 0 Å². The second kappa shape index (κ2) is 2.55. The number of rotatable bonds is 1. The maximum Gasteiger partial charge on any atom is 0.257 e. The zero-order valence-corrected chi connectivity index (χ0v) is 5.07. The Kier molecular flexibility index (Phi) is 1.75. The third-order valence-electron chi connectivity index (χ3n) is 1.00. The van der Waals surface area contributed by atoms with Gasteiger partial charge in [0.25, 0.3) is 6.29 Å². The molecule has 9 heavy (non-hydrogen) atoms. The molecular weight excluding hydrogens is 120 g/mol. The van der Waals surface area contributed by atoms with E-state index in [1.165, 1.54) is 19.4 Å². The maximum absolute atomic E-state index is 8.93. The van der Waals surface area contributed by atoms with Gasteiger partial charge in [-0.3, -0.25) is 0 Å². The molecule has 1 aliphatic rings. The van der Waals surface area contributed by atoms with Gasteiger partial charge < -0.3 is 14.6 Å². The van der Waals surface area contributed by atoms with Gasteiger partial charge in [-0.15, -0.1) is 0 Å². The van der Waals surface area contributed by atoms with Crippen LogP contribution in [-0.4, -0.2) is 18.5 Å². The van der Waals surface area contributed by atoms with Crippen LogP contribution in [0, 0.1) is 0 Å². The monoisotopic (exact) mass is 128 g/mol. The fourth-order valence-electron chi connectivity index (χ4n) is 0.579. The number of hydrogen-bond acceptors (Lipinski definition) is 3. The van der Waals surface area contributed by atoms with E-state index >= 15 is 0 Å². The first-order valence-electron chi connectivity index (χ1n) is 2.58. The molecule has 0 amide bonds. The molecule has 50 valence electrons. The molecule has 1 atom stereocenters. The van der Waals surface area contributed by atoms with Gasteiger partial charge in [-0.05, 0) is 12.2 Å². The van der Waals surface area contributed by atoms with Crippen molar-refractivity contribution in [3.8, 4) is 0 Å². The SMILES string of the molecule is COC1OC=CC=C1O. The Labute approximate surface area is 53.2 Å². The lowest BCUT2D eigenvalue weighted by atomic mass is 10.4. The Bertz CT molecular complexity index is 148. The van der Waals surface area contributed by atoms with Crippen molar-refractivity contribution in [3.05, 3.63) is 24.2 Å². The van der Waals surface area contributed by atoms with E-state index in [0.717, 1.165) is 0 Å². The third kappa shape index (κ3) is 1.23. The van der Waals surface area contributed by atoms with Gasteiger partial charge >= 0.3 is 0 Å². The van der Waals surface area contributed by atoms with Crippen molar-refractivity contribution < 1.29 is 14.6 Å². The lowest BCUT2D eigenvalue weighted by molar-refractivity contribution is -0.0801. The molecule has 3 nitrogen and oxygen atoms in total. The number of ether oxygens (including phenoxy) is 2. The predicted octanol–water partition coefficient (Wildman–Crippen LogP) is 0.945. The van der Waals surface area contributed by atoms with E-state index in [1.807, 2.05) is 0 Å². The summed E-state index contributed by atoms with van der Waals surface area (Å²) in [6, 6.07) is 0. The third-order valence-corrected chi connectivity index (χ3v) is 1.00. The van der Waals surface area contributed by atoms with Crippen molar-refractivity contribution >= 4 is 0 Å². The van der Waals surface area contributed by atoms with E-state index < -0.39 is 6.29 Å². The highest BCUT2D eigenvalue weighted by molar-refractivity contribution is 5.10. The smallest absolute Gasteiger partial charge is 0.257 e. The van der Waals surface area contributed by atoms with Crippen LogP contribution in [0.25, 0.3) is 0 Å². The summed E-state index contributed by atoms with van der Waals surface area (Å²) in [6.07, 6.45) is 3.98. The van der Waals surface area contributed by atoms with Gasteiger partial charge in [0.2, 0.25) is 0 Å². The van der Waals surface area contributed by atoms with E-state index in [1.54, 1.807) is 6.08 Å². The number of aliphatic hydroxyl groups excluding tert-OH is 1. The summed E-state index contributed by atoms with van der Waals surface area (Å²) in [5.41, 5.74) is 0. The first-order valence-corrected chi connectivity index (χ1v) is 2.58. The van der Waals surface area contributed by atoms with Gasteiger partial charge in [-0.1, -0.05) is 0 Å². The summed E-state index contributed by atoms with van der Waals surface area (Å²) in [5, 5.41) is 8.93. The van der Waals surface area contributed by atoms with Crippen LogP contribution in [0.4, 0.5) is 0 Å². The quantitative estimate of drug-likeness (QED) is 0.571. The van der Waals surface area contributed by atoms with Crippen LogP contribution in [0.2, 0.25) is 0 Å². The van der Waals surface area contributed by atoms with Crippen LogP contribution in [-0.2, 0) is 9.47 Å². The van der Waals surface area contributed by atoms with E-state index in [-0.39, 0.29) is 5.76 Å². The molecule has 0 aromatic carbocycles. The lowest BCUT2D eigenvalue weighted by Crippen LogP contribution is -2.16. The second-order valence-electron chi connectivity index (χ2n) is 1.62. The molecule has 0 aliphatic carbocycles. The van der Waals surface area contributed by atoms with Crippen LogP contribution in [0.3, 0.4) is 0 Å². The highest BCUT2D eigenvalue weighted by Gasteiger charge is 2.12. The predicted molar refractivity (Wildman–Crippen MR) is 31.7 cm³/mol. The average molecular weight is 128 g/mol. The molecule has 0 saturated carbocycles. The molecule has 0 bridgehead atoms. The average Bonchev–Trinajstić information content (AvgIpc) is 1.89. The van der Waals surface area contributed by atoms with Crippen molar-refractivity contribution in [1.82, 2.24) is 0 Å². The van der Waals surface area contributed by atoms with Crippen molar-refractivity contribution in [2.24, 2.45) is 0 Å². The molecule has 1 unspecified atom stereocenters. The molecule has 1 heterocycles. The topological polar surface area (TPSA) is 38.7 Å². The van der Waals surface area contributed by atoms with E-state index in [9.17, 15) is 0 Å². The summed E-state index contributed by atoms with van der Waals surface area (Å²) in [4.78, 5) is 0. The molecule has 0 radical (unpaired) electrons. The number of allylic oxidation sites excluding steroid dienone is 2. The zero-order chi connectivity index (χ0) is 6.69. The van der Waals surface area contributed by atoms with Crippen LogP contribution in [0.1, 0.15) is 0 Å². The van der Waals surface area contributed by atoms with E-state index in [0.29, 0.717) is 0 Å². The number of methoxy groups -OCH3 is 1. The Morgan fingerprint density at radius 2 is 2.56 bits per heavy atom. The van der Waals surface area contributed by atoms with Crippen LogP contribution < -0.4 is 0 Å². The highest BCUT2D eigenvalue weighted by Crippen LogP contribution is 2.09. The van der Waals surface area contributed by atoms with Crippen molar-refractivity contribution in [2.45, 2.75) is 6.29 Å². The summed E-state index contributed by atoms with van der Waals surface area (Å²) >= 11 is 0. The summed E-state index contributed by atoms with van der Waals surface area (Å²) in [6.45, 7) is 0. The standard InChI is InChI=1S/C6H8O3/c1-8-6-5(7)3-2-4-9-6/h2-4,6-7H,1H3. The molecule has 1 rings (SSSR count). The molecule has 0 aromatic heterocycles. The Morgan fingerprint density at radius 3 is 3.00 bits per heavy atom. The maximum atomic E-state index is 8.93. The van der Waals surface area contributed by atoms with Gasteiger partial charge in [0.1, 0.15) is 0 Å². The van der Waals surface area contributed by atoms with Gasteiger partial charge in [-0.2, -0.15) is 0 Å².